The first-order valence-electron chi connectivity index (χ1n) is 6.89. The molecule has 3 aromatic rings. The van der Waals surface area contributed by atoms with Crippen molar-refractivity contribution in [1.82, 2.24) is 0 Å². The molecule has 0 amide bonds. The van der Waals surface area contributed by atoms with Crippen LogP contribution < -0.4 is 9.47 Å². The predicted octanol–water partition coefficient (Wildman–Crippen LogP) is 5.89. The van der Waals surface area contributed by atoms with Crippen LogP contribution in [0.3, 0.4) is 0 Å². The Morgan fingerprint density at radius 2 is 1.65 bits per heavy atom. The molecule has 0 spiro atoms. The van der Waals surface area contributed by atoms with Crippen LogP contribution in [0.25, 0.3) is 28.4 Å². The van der Waals surface area contributed by atoms with E-state index in [9.17, 15) is 0 Å². The van der Waals surface area contributed by atoms with Crippen molar-refractivity contribution >= 4 is 40.2 Å². The van der Waals surface area contributed by atoms with E-state index in [1.165, 1.54) is 0 Å². The molecular weight excluding hydrogens is 335 g/mol. The van der Waals surface area contributed by atoms with Gasteiger partial charge in [0, 0.05) is 16.5 Å². The Labute approximate surface area is 144 Å². The number of rotatable bonds is 4. The molecule has 0 aliphatic carbocycles. The summed E-state index contributed by atoms with van der Waals surface area (Å²) in [5.74, 6) is 2.25. The van der Waals surface area contributed by atoms with Crippen molar-refractivity contribution in [3.63, 3.8) is 0 Å². The molecular formula is C18H14Cl2O3. The van der Waals surface area contributed by atoms with Gasteiger partial charge < -0.3 is 13.9 Å². The first-order chi connectivity index (χ1) is 11.1. The Morgan fingerprint density at radius 1 is 0.957 bits per heavy atom. The second kappa shape index (κ2) is 6.57. The number of halogens is 2. The molecule has 0 bridgehead atoms. The maximum Gasteiger partial charge on any atom is 0.142 e. The molecule has 0 saturated carbocycles. The van der Waals surface area contributed by atoms with Gasteiger partial charge in [-0.15, -0.1) is 0 Å². The molecule has 0 fully saturated rings. The van der Waals surface area contributed by atoms with Gasteiger partial charge in [-0.25, -0.2) is 0 Å². The van der Waals surface area contributed by atoms with E-state index >= 15 is 0 Å². The molecule has 0 unspecified atom stereocenters. The molecule has 23 heavy (non-hydrogen) atoms. The summed E-state index contributed by atoms with van der Waals surface area (Å²) < 4.78 is 16.6. The van der Waals surface area contributed by atoms with Gasteiger partial charge in [-0.1, -0.05) is 23.2 Å². The Bertz CT molecular complexity index is 860. The van der Waals surface area contributed by atoms with Gasteiger partial charge in [0.2, 0.25) is 0 Å². The highest BCUT2D eigenvalue weighted by molar-refractivity contribution is 6.57. The highest BCUT2D eigenvalue weighted by atomic mass is 35.5. The molecule has 0 aliphatic rings. The van der Waals surface area contributed by atoms with Crippen LogP contribution in [0.1, 0.15) is 5.56 Å². The quantitative estimate of drug-likeness (QED) is 0.588. The Hall–Kier alpha value is -2.10. The minimum absolute atomic E-state index is 0.155. The van der Waals surface area contributed by atoms with Crippen LogP contribution in [-0.2, 0) is 0 Å². The molecule has 0 radical (unpaired) electrons. The van der Waals surface area contributed by atoms with Gasteiger partial charge in [0.25, 0.3) is 0 Å². The molecule has 0 N–H and O–H groups in total. The smallest absolute Gasteiger partial charge is 0.142 e. The van der Waals surface area contributed by atoms with Crippen molar-refractivity contribution in [1.29, 1.82) is 0 Å². The maximum absolute atomic E-state index is 6.00. The van der Waals surface area contributed by atoms with E-state index < -0.39 is 0 Å². The highest BCUT2D eigenvalue weighted by Gasteiger charge is 2.12. The lowest BCUT2D eigenvalue weighted by Gasteiger charge is -2.02. The van der Waals surface area contributed by atoms with Crippen molar-refractivity contribution in [2.24, 2.45) is 0 Å². The van der Waals surface area contributed by atoms with E-state index in [0.717, 1.165) is 28.0 Å². The monoisotopic (exact) mass is 348 g/mol. The Morgan fingerprint density at radius 3 is 2.26 bits per heavy atom. The van der Waals surface area contributed by atoms with Crippen LogP contribution in [-0.4, -0.2) is 14.2 Å². The summed E-state index contributed by atoms with van der Waals surface area (Å²) >= 11 is 11.6. The lowest BCUT2D eigenvalue weighted by Crippen LogP contribution is -1.84. The molecule has 2 aromatic carbocycles. The summed E-state index contributed by atoms with van der Waals surface area (Å²) in [4.78, 5) is 0. The van der Waals surface area contributed by atoms with E-state index in [0.29, 0.717) is 11.3 Å². The zero-order valence-corrected chi connectivity index (χ0v) is 14.1. The number of hydrogen-bond acceptors (Lipinski definition) is 3. The SMILES string of the molecule is COc1ccc(-c2cc3cc(OC)cc(C=C(Cl)Cl)c3o2)cc1. The summed E-state index contributed by atoms with van der Waals surface area (Å²) in [6, 6.07) is 13.4. The highest BCUT2D eigenvalue weighted by Crippen LogP contribution is 2.35. The fourth-order valence-electron chi connectivity index (χ4n) is 2.39. The molecule has 5 heteroatoms. The molecule has 0 saturated heterocycles. The van der Waals surface area contributed by atoms with Gasteiger partial charge >= 0.3 is 0 Å². The van der Waals surface area contributed by atoms with Gasteiger partial charge in [-0.3, -0.25) is 0 Å². The third-order valence-electron chi connectivity index (χ3n) is 3.49. The zero-order valence-electron chi connectivity index (χ0n) is 12.6. The summed E-state index contributed by atoms with van der Waals surface area (Å²) in [5.41, 5.74) is 2.42. The number of hydrogen-bond donors (Lipinski definition) is 0. The van der Waals surface area contributed by atoms with E-state index in [-0.39, 0.29) is 4.49 Å². The van der Waals surface area contributed by atoms with Crippen LogP contribution in [0.2, 0.25) is 0 Å². The second-order valence-corrected chi connectivity index (χ2v) is 5.92. The minimum atomic E-state index is 0.155. The normalized spacial score (nSPS) is 10.6. The number of ether oxygens (including phenoxy) is 2. The topological polar surface area (TPSA) is 31.6 Å². The summed E-state index contributed by atoms with van der Waals surface area (Å²) in [7, 11) is 3.25. The van der Waals surface area contributed by atoms with Crippen molar-refractivity contribution < 1.29 is 13.9 Å². The van der Waals surface area contributed by atoms with E-state index in [1.54, 1.807) is 20.3 Å². The third-order valence-corrected chi connectivity index (χ3v) is 3.71. The number of methoxy groups -OCH3 is 2. The third kappa shape index (κ3) is 3.31. The van der Waals surface area contributed by atoms with Crippen molar-refractivity contribution in [2.75, 3.05) is 14.2 Å². The lowest BCUT2D eigenvalue weighted by molar-refractivity contribution is 0.414. The largest absolute Gasteiger partial charge is 0.497 e. The van der Waals surface area contributed by atoms with Gasteiger partial charge in [0.05, 0.1) is 14.2 Å². The number of benzene rings is 2. The van der Waals surface area contributed by atoms with Gasteiger partial charge in [0.15, 0.2) is 0 Å². The molecule has 0 atom stereocenters. The second-order valence-electron chi connectivity index (χ2n) is 4.91. The molecule has 0 aliphatic heterocycles. The fraction of sp³-hybridized carbons (Fsp3) is 0.111. The molecule has 3 rings (SSSR count). The van der Waals surface area contributed by atoms with Crippen LogP contribution in [0.4, 0.5) is 0 Å². The van der Waals surface area contributed by atoms with Crippen LogP contribution in [0.15, 0.2) is 51.4 Å². The fourth-order valence-corrected chi connectivity index (χ4v) is 2.63. The first-order valence-corrected chi connectivity index (χ1v) is 7.65. The summed E-state index contributed by atoms with van der Waals surface area (Å²) in [6.07, 6.45) is 1.63. The van der Waals surface area contributed by atoms with Gasteiger partial charge in [0.1, 0.15) is 27.3 Å². The average Bonchev–Trinajstić information content (AvgIpc) is 2.98. The molecule has 118 valence electrons. The van der Waals surface area contributed by atoms with Crippen molar-refractivity contribution in [3.05, 3.63) is 52.5 Å². The van der Waals surface area contributed by atoms with Crippen molar-refractivity contribution in [2.45, 2.75) is 0 Å². The Kier molecular flexibility index (Phi) is 4.51. The van der Waals surface area contributed by atoms with Crippen molar-refractivity contribution in [3.8, 4) is 22.8 Å². The summed E-state index contributed by atoms with van der Waals surface area (Å²) in [6.45, 7) is 0. The molecule has 1 aromatic heterocycles. The minimum Gasteiger partial charge on any atom is -0.497 e. The number of furan rings is 1. The van der Waals surface area contributed by atoms with Gasteiger partial charge in [-0.2, -0.15) is 0 Å². The average molecular weight is 349 g/mol. The van der Waals surface area contributed by atoms with Crippen LogP contribution in [0, 0.1) is 0 Å². The Balaban J connectivity index is 2.14. The van der Waals surface area contributed by atoms with E-state index in [2.05, 4.69) is 0 Å². The molecule has 1 heterocycles. The van der Waals surface area contributed by atoms with E-state index in [1.807, 2.05) is 42.5 Å². The van der Waals surface area contributed by atoms with Gasteiger partial charge in [-0.05, 0) is 48.5 Å². The first kappa shape index (κ1) is 15.8. The standard InChI is InChI=1S/C18H14Cl2O3/c1-21-14-5-3-11(4-6-14)16-9-12-7-15(22-2)8-13(10-17(19)20)18(12)23-16/h3-10H,1-2H3. The van der Waals surface area contributed by atoms with Crippen LogP contribution >= 0.6 is 23.2 Å². The predicted molar refractivity (Wildman–Crippen MR) is 94.4 cm³/mol. The van der Waals surface area contributed by atoms with E-state index in [4.69, 9.17) is 37.1 Å². The maximum atomic E-state index is 6.00. The zero-order chi connectivity index (χ0) is 16.4. The van der Waals surface area contributed by atoms with Crippen LogP contribution in [0.5, 0.6) is 11.5 Å². The number of fused-ring (bicyclic) bond motifs is 1. The lowest BCUT2D eigenvalue weighted by atomic mass is 10.1. The molecule has 3 nitrogen and oxygen atoms in total. The summed E-state index contributed by atoms with van der Waals surface area (Å²) in [5, 5.41) is 0.913.